The molecule has 0 unspecified atom stereocenters. The van der Waals surface area contributed by atoms with Gasteiger partial charge in [0.1, 0.15) is 12.4 Å². The van der Waals surface area contributed by atoms with Gasteiger partial charge in [-0.1, -0.05) is 42.5 Å². The fraction of sp³-hybridized carbons (Fsp3) is 0.105. The molecule has 0 saturated carbocycles. The first-order valence-electron chi connectivity index (χ1n) is 7.96. The molecule has 0 aliphatic heterocycles. The first-order valence-corrected chi connectivity index (χ1v) is 9.18. The minimum atomic E-state index is -0.971. The van der Waals surface area contributed by atoms with Crippen LogP contribution in [0.3, 0.4) is 0 Å². The van der Waals surface area contributed by atoms with Crippen molar-refractivity contribution in [1.82, 2.24) is 9.97 Å². The Morgan fingerprint density at radius 3 is 2.54 bits per heavy atom. The maximum Gasteiger partial charge on any atom is 0.322 e. The number of benzene rings is 2. The number of aromatic nitrogens is 2. The van der Waals surface area contributed by atoms with Crippen LogP contribution in [0.4, 0.5) is 17.5 Å². The summed E-state index contributed by atoms with van der Waals surface area (Å²) in [6, 6.07) is 19.5. The van der Waals surface area contributed by atoms with Crippen LogP contribution in [0.25, 0.3) is 11.3 Å². The van der Waals surface area contributed by atoms with E-state index in [0.717, 1.165) is 16.1 Å². The average Bonchev–Trinajstić information content (AvgIpc) is 2.67. The molecule has 0 radical (unpaired) electrons. The van der Waals surface area contributed by atoms with Gasteiger partial charge in [-0.05, 0) is 18.4 Å². The molecule has 0 atom stereocenters. The summed E-state index contributed by atoms with van der Waals surface area (Å²) < 4.78 is 0. The molecule has 0 amide bonds. The summed E-state index contributed by atoms with van der Waals surface area (Å²) in [7, 11) is 0. The highest BCUT2D eigenvalue weighted by atomic mass is 32.2. The SMILES string of the molecule is CSc1ccccc1Nc1cc(-c2ccccc2)nc(NCC(=O)O)n1. The minimum absolute atomic E-state index is 0.251. The van der Waals surface area contributed by atoms with Crippen LogP contribution in [0.1, 0.15) is 0 Å². The maximum atomic E-state index is 10.9. The van der Waals surface area contributed by atoms with E-state index < -0.39 is 5.97 Å². The van der Waals surface area contributed by atoms with Gasteiger partial charge in [-0.2, -0.15) is 4.98 Å². The molecule has 7 heteroatoms. The Bertz CT molecular complexity index is 903. The molecule has 26 heavy (non-hydrogen) atoms. The van der Waals surface area contributed by atoms with Gasteiger partial charge in [0.2, 0.25) is 5.95 Å². The highest BCUT2D eigenvalue weighted by Crippen LogP contribution is 2.29. The first kappa shape index (κ1) is 17.8. The third-order valence-corrected chi connectivity index (χ3v) is 4.36. The summed E-state index contributed by atoms with van der Waals surface area (Å²) >= 11 is 1.63. The zero-order valence-corrected chi connectivity index (χ0v) is 15.0. The van der Waals surface area contributed by atoms with Gasteiger partial charge in [-0.15, -0.1) is 11.8 Å². The standard InChI is InChI=1S/C19H18N4O2S/c1-26-16-10-6-5-9-14(16)21-17-11-15(13-7-3-2-4-8-13)22-19(23-17)20-12-18(24)25/h2-11H,12H2,1H3,(H,24,25)(H2,20,21,22,23). The van der Waals surface area contributed by atoms with Crippen LogP contribution in [0, 0.1) is 0 Å². The fourth-order valence-corrected chi connectivity index (χ4v) is 2.94. The monoisotopic (exact) mass is 366 g/mol. The van der Waals surface area contributed by atoms with Gasteiger partial charge in [0.25, 0.3) is 0 Å². The topological polar surface area (TPSA) is 87.1 Å². The molecule has 0 aliphatic carbocycles. The number of nitrogens with zero attached hydrogens (tertiary/aromatic N) is 2. The van der Waals surface area contributed by atoms with E-state index in [4.69, 9.17) is 5.11 Å². The second-order valence-corrected chi connectivity index (χ2v) is 6.25. The van der Waals surface area contributed by atoms with Crippen molar-refractivity contribution in [3.8, 4) is 11.3 Å². The molecule has 3 N–H and O–H groups in total. The van der Waals surface area contributed by atoms with E-state index in [0.29, 0.717) is 11.5 Å². The maximum absolute atomic E-state index is 10.9. The van der Waals surface area contributed by atoms with Crippen LogP contribution >= 0.6 is 11.8 Å². The quantitative estimate of drug-likeness (QED) is 0.543. The molecule has 0 spiro atoms. The number of carbonyl (C=O) groups is 1. The Kier molecular flexibility index (Phi) is 5.70. The lowest BCUT2D eigenvalue weighted by atomic mass is 10.1. The van der Waals surface area contributed by atoms with Crippen molar-refractivity contribution in [2.24, 2.45) is 0 Å². The number of aliphatic carboxylic acids is 1. The number of carboxylic acids is 1. The molecule has 1 heterocycles. The van der Waals surface area contributed by atoms with E-state index in [9.17, 15) is 4.79 Å². The second kappa shape index (κ2) is 8.35. The molecule has 0 fully saturated rings. The van der Waals surface area contributed by atoms with E-state index in [-0.39, 0.29) is 12.5 Å². The number of nitrogens with one attached hydrogen (secondary N) is 2. The van der Waals surface area contributed by atoms with Crippen molar-refractivity contribution in [3.63, 3.8) is 0 Å². The van der Waals surface area contributed by atoms with Gasteiger partial charge in [0, 0.05) is 16.5 Å². The molecule has 0 saturated heterocycles. The zero-order chi connectivity index (χ0) is 18.4. The van der Waals surface area contributed by atoms with E-state index in [1.165, 1.54) is 0 Å². The molecule has 1 aromatic heterocycles. The molecule has 0 bridgehead atoms. The molecule has 6 nitrogen and oxygen atoms in total. The summed E-state index contributed by atoms with van der Waals surface area (Å²) in [5, 5.41) is 14.9. The van der Waals surface area contributed by atoms with E-state index in [2.05, 4.69) is 20.6 Å². The number of carboxylic acid groups (broad SMARTS) is 1. The third kappa shape index (κ3) is 4.52. The smallest absolute Gasteiger partial charge is 0.322 e. The third-order valence-electron chi connectivity index (χ3n) is 3.56. The predicted octanol–water partition coefficient (Wildman–Crippen LogP) is 4.11. The number of para-hydroxylation sites is 1. The number of hydrogen-bond acceptors (Lipinski definition) is 6. The number of thioether (sulfide) groups is 1. The van der Waals surface area contributed by atoms with Crippen molar-refractivity contribution in [3.05, 3.63) is 60.7 Å². The highest BCUT2D eigenvalue weighted by molar-refractivity contribution is 7.98. The lowest BCUT2D eigenvalue weighted by molar-refractivity contribution is -0.134. The summed E-state index contributed by atoms with van der Waals surface area (Å²) in [6.45, 7) is -0.251. The summed E-state index contributed by atoms with van der Waals surface area (Å²) in [4.78, 5) is 20.8. The largest absolute Gasteiger partial charge is 0.480 e. The average molecular weight is 366 g/mol. The second-order valence-electron chi connectivity index (χ2n) is 5.40. The summed E-state index contributed by atoms with van der Waals surface area (Å²) in [6.07, 6.45) is 2.01. The van der Waals surface area contributed by atoms with Crippen molar-refractivity contribution >= 4 is 35.2 Å². The van der Waals surface area contributed by atoms with Gasteiger partial charge in [0.05, 0.1) is 11.4 Å². The predicted molar refractivity (Wildman–Crippen MR) is 105 cm³/mol. The Hall–Kier alpha value is -3.06. The molecule has 3 rings (SSSR count). The zero-order valence-electron chi connectivity index (χ0n) is 14.1. The molecule has 0 aliphatic rings. The molecular formula is C19H18N4O2S. The van der Waals surface area contributed by atoms with Crippen molar-refractivity contribution in [2.45, 2.75) is 4.90 Å². The van der Waals surface area contributed by atoms with Crippen LogP contribution < -0.4 is 10.6 Å². The van der Waals surface area contributed by atoms with Crippen LogP contribution in [-0.4, -0.2) is 33.8 Å². The minimum Gasteiger partial charge on any atom is -0.480 e. The van der Waals surface area contributed by atoms with E-state index in [1.54, 1.807) is 11.8 Å². The Labute approximate surface area is 155 Å². The lowest BCUT2D eigenvalue weighted by Crippen LogP contribution is -2.15. The van der Waals surface area contributed by atoms with Crippen molar-refractivity contribution in [2.75, 3.05) is 23.4 Å². The molecule has 2 aromatic carbocycles. The summed E-state index contributed by atoms with van der Waals surface area (Å²) in [5.74, 6) is -0.118. The fourth-order valence-electron chi connectivity index (χ4n) is 2.39. The molecule has 3 aromatic rings. The van der Waals surface area contributed by atoms with Crippen LogP contribution in [0.5, 0.6) is 0 Å². The van der Waals surface area contributed by atoms with Gasteiger partial charge in [-0.25, -0.2) is 4.98 Å². The van der Waals surface area contributed by atoms with E-state index in [1.807, 2.05) is 66.9 Å². The van der Waals surface area contributed by atoms with Crippen LogP contribution in [-0.2, 0) is 4.79 Å². The van der Waals surface area contributed by atoms with Gasteiger partial charge < -0.3 is 15.7 Å². The van der Waals surface area contributed by atoms with Gasteiger partial charge in [-0.3, -0.25) is 4.79 Å². The number of hydrogen-bond donors (Lipinski definition) is 3. The Morgan fingerprint density at radius 2 is 1.81 bits per heavy atom. The molecule has 132 valence electrons. The highest BCUT2D eigenvalue weighted by Gasteiger charge is 2.09. The molecular weight excluding hydrogens is 348 g/mol. The Morgan fingerprint density at radius 1 is 1.08 bits per heavy atom. The van der Waals surface area contributed by atoms with Gasteiger partial charge in [0.15, 0.2) is 0 Å². The number of rotatable bonds is 7. The summed E-state index contributed by atoms with van der Waals surface area (Å²) in [5.41, 5.74) is 2.56. The van der Waals surface area contributed by atoms with E-state index >= 15 is 0 Å². The van der Waals surface area contributed by atoms with Gasteiger partial charge >= 0.3 is 5.97 Å². The number of anilines is 3. The van der Waals surface area contributed by atoms with Crippen LogP contribution in [0.2, 0.25) is 0 Å². The Balaban J connectivity index is 1.97. The normalized spacial score (nSPS) is 10.3. The van der Waals surface area contributed by atoms with Crippen molar-refractivity contribution in [1.29, 1.82) is 0 Å². The van der Waals surface area contributed by atoms with Crippen molar-refractivity contribution < 1.29 is 9.90 Å². The first-order chi connectivity index (χ1) is 12.7. The van der Waals surface area contributed by atoms with Crippen LogP contribution in [0.15, 0.2) is 65.6 Å². The lowest BCUT2D eigenvalue weighted by Gasteiger charge is -2.13.